The number of nitrogens with one attached hydrogen (secondary N) is 1. The number of fused-ring (bicyclic) bond motifs is 1. The lowest BCUT2D eigenvalue weighted by molar-refractivity contribution is 0.0954. The van der Waals surface area contributed by atoms with Crippen molar-refractivity contribution < 1.29 is 13.9 Å². The van der Waals surface area contributed by atoms with E-state index in [0.717, 1.165) is 5.56 Å². The second-order valence-corrected chi connectivity index (χ2v) is 7.13. The molecule has 3 aromatic rings. The van der Waals surface area contributed by atoms with Crippen molar-refractivity contribution in [1.82, 2.24) is 10.3 Å². The van der Waals surface area contributed by atoms with Crippen LogP contribution in [0.3, 0.4) is 0 Å². The Labute approximate surface area is 153 Å². The van der Waals surface area contributed by atoms with Gasteiger partial charge in [0.2, 0.25) is 5.88 Å². The first-order chi connectivity index (χ1) is 12.0. The van der Waals surface area contributed by atoms with Gasteiger partial charge < -0.3 is 10.1 Å². The fourth-order valence-corrected chi connectivity index (χ4v) is 3.79. The van der Waals surface area contributed by atoms with Crippen molar-refractivity contribution in [3.63, 3.8) is 0 Å². The van der Waals surface area contributed by atoms with Crippen LogP contribution in [0.5, 0.6) is 5.88 Å². The molecule has 7 heteroatoms. The van der Waals surface area contributed by atoms with Gasteiger partial charge >= 0.3 is 0 Å². The van der Waals surface area contributed by atoms with Gasteiger partial charge in [0.15, 0.2) is 0 Å². The summed E-state index contributed by atoms with van der Waals surface area (Å²) in [6.45, 7) is 4.08. The highest BCUT2D eigenvalue weighted by Crippen LogP contribution is 2.35. The third-order valence-corrected chi connectivity index (χ3v) is 5.09. The third-order valence-electron chi connectivity index (χ3n) is 3.43. The summed E-state index contributed by atoms with van der Waals surface area (Å²) in [5, 5.41) is 3.82. The van der Waals surface area contributed by atoms with Crippen LogP contribution in [0.1, 0.15) is 29.1 Å². The Morgan fingerprint density at radius 2 is 2.20 bits per heavy atom. The van der Waals surface area contributed by atoms with Gasteiger partial charge in [0, 0.05) is 28.4 Å². The summed E-state index contributed by atoms with van der Waals surface area (Å²) in [6.07, 6.45) is 1.62. The molecule has 0 saturated heterocycles. The van der Waals surface area contributed by atoms with Gasteiger partial charge in [-0.25, -0.2) is 9.37 Å². The van der Waals surface area contributed by atoms with Crippen LogP contribution < -0.4 is 10.1 Å². The summed E-state index contributed by atoms with van der Waals surface area (Å²) in [7, 11) is 0. The first-order valence-corrected chi connectivity index (χ1v) is 8.91. The Kier molecular flexibility index (Phi) is 5.20. The summed E-state index contributed by atoms with van der Waals surface area (Å²) in [4.78, 5) is 17.0. The Hall–Kier alpha value is -2.18. The van der Waals surface area contributed by atoms with Crippen molar-refractivity contribution in [2.45, 2.75) is 26.5 Å². The number of halogens is 2. The predicted octanol–water partition coefficient (Wildman–Crippen LogP) is 4.81. The molecule has 0 unspecified atom stereocenters. The van der Waals surface area contributed by atoms with Crippen molar-refractivity contribution >= 4 is 38.9 Å². The minimum atomic E-state index is -0.358. The van der Waals surface area contributed by atoms with Crippen LogP contribution in [0.15, 0.2) is 36.5 Å². The van der Waals surface area contributed by atoms with Gasteiger partial charge in [0.1, 0.15) is 10.7 Å². The van der Waals surface area contributed by atoms with Crippen LogP contribution in [0.2, 0.25) is 5.02 Å². The van der Waals surface area contributed by atoms with Crippen LogP contribution in [-0.2, 0) is 6.54 Å². The molecule has 0 aliphatic heterocycles. The van der Waals surface area contributed by atoms with E-state index in [0.29, 0.717) is 25.9 Å². The number of aromatic nitrogens is 1. The van der Waals surface area contributed by atoms with Crippen molar-refractivity contribution in [2.75, 3.05) is 0 Å². The minimum absolute atomic E-state index is 0.0173. The topological polar surface area (TPSA) is 51.2 Å². The average Bonchev–Trinajstić information content (AvgIpc) is 2.89. The number of nitrogens with zero attached hydrogens (tertiary/aromatic N) is 1. The van der Waals surface area contributed by atoms with Crippen LogP contribution >= 0.6 is 22.9 Å². The van der Waals surface area contributed by atoms with Gasteiger partial charge in [-0.15, -0.1) is 11.3 Å². The fourth-order valence-electron chi connectivity index (χ4n) is 2.33. The summed E-state index contributed by atoms with van der Waals surface area (Å²) in [5.41, 5.74) is 0.771. The molecule has 3 rings (SSSR count). The molecule has 130 valence electrons. The second-order valence-electron chi connectivity index (χ2n) is 5.70. The van der Waals surface area contributed by atoms with Gasteiger partial charge in [0.25, 0.3) is 5.91 Å². The van der Waals surface area contributed by atoms with E-state index in [4.69, 9.17) is 16.3 Å². The highest BCUT2D eigenvalue weighted by molar-refractivity contribution is 7.21. The summed E-state index contributed by atoms with van der Waals surface area (Å²) < 4.78 is 19.6. The number of pyridine rings is 1. The second kappa shape index (κ2) is 7.37. The number of ether oxygens (including phenoxy) is 1. The molecule has 1 amide bonds. The number of amides is 1. The van der Waals surface area contributed by atoms with E-state index in [1.807, 2.05) is 19.9 Å². The van der Waals surface area contributed by atoms with E-state index < -0.39 is 0 Å². The summed E-state index contributed by atoms with van der Waals surface area (Å²) in [5.74, 6) is -0.184. The zero-order chi connectivity index (χ0) is 18.0. The predicted molar refractivity (Wildman–Crippen MR) is 98.0 cm³/mol. The summed E-state index contributed by atoms with van der Waals surface area (Å²) in [6, 6.07) is 7.90. The first-order valence-electron chi connectivity index (χ1n) is 7.72. The molecule has 25 heavy (non-hydrogen) atoms. The van der Waals surface area contributed by atoms with Gasteiger partial charge in [0.05, 0.1) is 11.1 Å². The lowest BCUT2D eigenvalue weighted by Gasteiger charge is -2.13. The molecule has 1 N–H and O–H groups in total. The normalized spacial score (nSPS) is 11.1. The number of carbonyl (C=O) groups excluding carboxylic acids is 1. The van der Waals surface area contributed by atoms with Crippen LogP contribution in [-0.4, -0.2) is 17.0 Å². The number of carbonyl (C=O) groups is 1. The molecule has 2 heterocycles. The number of rotatable bonds is 5. The third kappa shape index (κ3) is 3.91. The molecule has 0 spiro atoms. The standard InChI is InChI=1S/C18H16ClFN2O2S/c1-10(2)24-18-11(4-3-7-21-18)9-22-17(23)16-15(19)13-6-5-12(20)8-14(13)25-16/h3-8,10H,9H2,1-2H3,(H,22,23). The van der Waals surface area contributed by atoms with Crippen molar-refractivity contribution in [1.29, 1.82) is 0 Å². The van der Waals surface area contributed by atoms with Crippen molar-refractivity contribution in [3.05, 3.63) is 57.8 Å². The minimum Gasteiger partial charge on any atom is -0.475 e. The van der Waals surface area contributed by atoms with E-state index >= 15 is 0 Å². The monoisotopic (exact) mass is 378 g/mol. The molecule has 4 nitrogen and oxygen atoms in total. The zero-order valence-electron chi connectivity index (χ0n) is 13.7. The van der Waals surface area contributed by atoms with Gasteiger partial charge in [-0.3, -0.25) is 4.79 Å². The van der Waals surface area contributed by atoms with Crippen molar-refractivity contribution in [3.8, 4) is 5.88 Å². The Morgan fingerprint density at radius 3 is 2.96 bits per heavy atom. The van der Waals surface area contributed by atoms with Crippen LogP contribution in [0, 0.1) is 5.82 Å². The smallest absolute Gasteiger partial charge is 0.263 e. The molecule has 0 atom stereocenters. The molecule has 0 saturated carbocycles. The molecular formula is C18H16ClFN2O2S. The molecule has 0 fully saturated rings. The van der Waals surface area contributed by atoms with E-state index in [1.165, 1.54) is 23.5 Å². The Morgan fingerprint density at radius 1 is 1.40 bits per heavy atom. The first kappa shape index (κ1) is 17.6. The molecule has 0 radical (unpaired) electrons. The molecule has 0 aliphatic carbocycles. The van der Waals surface area contributed by atoms with E-state index in [-0.39, 0.29) is 24.4 Å². The molecule has 0 bridgehead atoms. The maximum atomic E-state index is 13.3. The molecule has 1 aromatic carbocycles. The highest BCUT2D eigenvalue weighted by atomic mass is 35.5. The SMILES string of the molecule is CC(C)Oc1ncccc1CNC(=O)c1sc2cc(F)ccc2c1Cl. The Balaban J connectivity index is 1.79. The van der Waals surface area contributed by atoms with E-state index in [1.54, 1.807) is 18.3 Å². The van der Waals surface area contributed by atoms with Gasteiger partial charge in [-0.2, -0.15) is 0 Å². The van der Waals surface area contributed by atoms with Crippen LogP contribution in [0.4, 0.5) is 4.39 Å². The zero-order valence-corrected chi connectivity index (χ0v) is 15.2. The van der Waals surface area contributed by atoms with Crippen LogP contribution in [0.25, 0.3) is 10.1 Å². The van der Waals surface area contributed by atoms with Gasteiger partial charge in [-0.05, 0) is 38.1 Å². The quantitative estimate of drug-likeness (QED) is 0.693. The molecule has 2 aromatic heterocycles. The maximum absolute atomic E-state index is 13.3. The average molecular weight is 379 g/mol. The maximum Gasteiger partial charge on any atom is 0.263 e. The number of hydrogen-bond donors (Lipinski definition) is 1. The largest absolute Gasteiger partial charge is 0.475 e. The number of benzene rings is 1. The number of thiophene rings is 1. The van der Waals surface area contributed by atoms with Gasteiger partial charge in [-0.1, -0.05) is 17.7 Å². The highest BCUT2D eigenvalue weighted by Gasteiger charge is 2.18. The molecule has 0 aliphatic rings. The van der Waals surface area contributed by atoms with Crippen molar-refractivity contribution in [2.24, 2.45) is 0 Å². The van der Waals surface area contributed by atoms with E-state index in [9.17, 15) is 9.18 Å². The fraction of sp³-hybridized carbons (Fsp3) is 0.222. The van der Waals surface area contributed by atoms with E-state index in [2.05, 4.69) is 10.3 Å². The summed E-state index contributed by atoms with van der Waals surface area (Å²) >= 11 is 7.44. The number of hydrogen-bond acceptors (Lipinski definition) is 4. The molecular weight excluding hydrogens is 363 g/mol. The Bertz CT molecular complexity index is 927. The lowest BCUT2D eigenvalue weighted by Crippen LogP contribution is -2.23. The lowest BCUT2D eigenvalue weighted by atomic mass is 10.2.